The summed E-state index contributed by atoms with van der Waals surface area (Å²) in [5.41, 5.74) is 0. The molecule has 0 aliphatic rings. The Kier molecular flexibility index (Phi) is 5.01. The standard InChI is InChI=1S/C7H14N2O4/c1-2-9(8)5(7(12)13)3-4-6(10)11/h5H,2-4,8H2,1H3,(H,10,11)(H,12,13)/t5-/m0/s1. The molecule has 76 valence electrons. The molecule has 6 heteroatoms. The molecule has 0 heterocycles. The fourth-order valence-electron chi connectivity index (χ4n) is 0.912. The van der Waals surface area contributed by atoms with Crippen LogP contribution in [0.5, 0.6) is 0 Å². The second kappa shape index (κ2) is 5.50. The molecule has 1 atom stereocenters. The normalized spacial score (nSPS) is 12.8. The van der Waals surface area contributed by atoms with E-state index >= 15 is 0 Å². The minimum absolute atomic E-state index is 0.0228. The van der Waals surface area contributed by atoms with Gasteiger partial charge in [-0.1, -0.05) is 6.92 Å². The molecule has 0 radical (unpaired) electrons. The SMILES string of the molecule is CCN(N)[C@@H](CCC(=O)O)C(=O)O. The summed E-state index contributed by atoms with van der Waals surface area (Å²) in [5.74, 6) is 3.25. The van der Waals surface area contributed by atoms with Gasteiger partial charge in [0.2, 0.25) is 0 Å². The Bertz CT molecular complexity index is 195. The molecule has 4 N–H and O–H groups in total. The summed E-state index contributed by atoms with van der Waals surface area (Å²) in [7, 11) is 0. The molecule has 0 rings (SSSR count). The molecule has 0 fully saturated rings. The van der Waals surface area contributed by atoms with Crippen molar-refractivity contribution in [2.45, 2.75) is 25.8 Å². The highest BCUT2D eigenvalue weighted by atomic mass is 16.4. The van der Waals surface area contributed by atoms with Crippen molar-refractivity contribution in [1.29, 1.82) is 0 Å². The molecule has 0 saturated carbocycles. The molecular weight excluding hydrogens is 176 g/mol. The van der Waals surface area contributed by atoms with Gasteiger partial charge in [-0.05, 0) is 6.42 Å². The smallest absolute Gasteiger partial charge is 0.322 e. The largest absolute Gasteiger partial charge is 0.481 e. The minimum Gasteiger partial charge on any atom is -0.481 e. The molecule has 0 aromatic carbocycles. The van der Waals surface area contributed by atoms with Crippen molar-refractivity contribution in [2.24, 2.45) is 5.84 Å². The van der Waals surface area contributed by atoms with Crippen LogP contribution in [-0.4, -0.2) is 39.7 Å². The number of hydrazine groups is 1. The quantitative estimate of drug-likeness (QED) is 0.385. The van der Waals surface area contributed by atoms with E-state index in [1.807, 2.05) is 0 Å². The van der Waals surface area contributed by atoms with Gasteiger partial charge in [0, 0.05) is 13.0 Å². The average molecular weight is 190 g/mol. The van der Waals surface area contributed by atoms with Crippen molar-refractivity contribution in [3.05, 3.63) is 0 Å². The highest BCUT2D eigenvalue weighted by Crippen LogP contribution is 2.03. The van der Waals surface area contributed by atoms with Gasteiger partial charge in [-0.15, -0.1) is 0 Å². The second-order valence-electron chi connectivity index (χ2n) is 2.62. The number of nitrogens with zero attached hydrogens (tertiary/aromatic N) is 1. The van der Waals surface area contributed by atoms with Gasteiger partial charge in [0.05, 0.1) is 0 Å². The van der Waals surface area contributed by atoms with Crippen molar-refractivity contribution in [1.82, 2.24) is 5.01 Å². The minimum atomic E-state index is -1.09. The average Bonchev–Trinajstić information content (AvgIpc) is 2.03. The Hall–Kier alpha value is -1.14. The number of rotatable bonds is 6. The molecule has 6 nitrogen and oxygen atoms in total. The molecule has 0 aromatic heterocycles. The Balaban J connectivity index is 4.10. The van der Waals surface area contributed by atoms with Crippen molar-refractivity contribution >= 4 is 11.9 Å². The lowest BCUT2D eigenvalue weighted by molar-refractivity contribution is -0.144. The molecule has 0 spiro atoms. The Morgan fingerprint density at radius 3 is 2.31 bits per heavy atom. The van der Waals surface area contributed by atoms with Crippen molar-refractivity contribution in [2.75, 3.05) is 6.54 Å². The summed E-state index contributed by atoms with van der Waals surface area (Å²) in [5, 5.41) is 18.1. The first kappa shape index (κ1) is 11.9. The van der Waals surface area contributed by atoms with Crippen LogP contribution in [0.2, 0.25) is 0 Å². The fourth-order valence-corrected chi connectivity index (χ4v) is 0.912. The van der Waals surface area contributed by atoms with Gasteiger partial charge in [0.1, 0.15) is 6.04 Å². The van der Waals surface area contributed by atoms with Crippen LogP contribution in [0.15, 0.2) is 0 Å². The third kappa shape index (κ3) is 4.44. The molecule has 0 aromatic rings. The number of carboxylic acids is 2. The Labute approximate surface area is 75.9 Å². The highest BCUT2D eigenvalue weighted by molar-refractivity contribution is 5.74. The zero-order valence-corrected chi connectivity index (χ0v) is 7.43. The van der Waals surface area contributed by atoms with E-state index in [2.05, 4.69) is 0 Å². The molecule has 0 bridgehead atoms. The predicted molar refractivity (Wildman–Crippen MR) is 44.9 cm³/mol. The molecule has 0 unspecified atom stereocenters. The summed E-state index contributed by atoms with van der Waals surface area (Å²) in [6.07, 6.45) is -0.167. The van der Waals surface area contributed by atoms with Crippen LogP contribution < -0.4 is 5.84 Å². The monoisotopic (exact) mass is 190 g/mol. The number of nitrogens with two attached hydrogens (primary N) is 1. The topological polar surface area (TPSA) is 104 Å². The summed E-state index contributed by atoms with van der Waals surface area (Å²) < 4.78 is 0. The summed E-state index contributed by atoms with van der Waals surface area (Å²) in [6.45, 7) is 2.08. The zero-order chi connectivity index (χ0) is 10.4. The third-order valence-corrected chi connectivity index (χ3v) is 1.68. The number of carboxylic acid groups (broad SMARTS) is 2. The Morgan fingerprint density at radius 1 is 1.46 bits per heavy atom. The van der Waals surface area contributed by atoms with Crippen LogP contribution in [0.1, 0.15) is 19.8 Å². The first-order valence-electron chi connectivity index (χ1n) is 3.95. The van der Waals surface area contributed by atoms with Gasteiger partial charge in [-0.25, -0.2) is 5.01 Å². The van der Waals surface area contributed by atoms with Crippen LogP contribution in [0.4, 0.5) is 0 Å². The lowest BCUT2D eigenvalue weighted by atomic mass is 10.1. The molecular formula is C7H14N2O4. The lowest BCUT2D eigenvalue weighted by Crippen LogP contribution is -2.45. The zero-order valence-electron chi connectivity index (χ0n) is 7.43. The van der Waals surface area contributed by atoms with E-state index in [4.69, 9.17) is 16.1 Å². The third-order valence-electron chi connectivity index (χ3n) is 1.68. The second-order valence-corrected chi connectivity index (χ2v) is 2.62. The summed E-state index contributed by atoms with van der Waals surface area (Å²) >= 11 is 0. The van der Waals surface area contributed by atoms with E-state index in [1.54, 1.807) is 6.92 Å². The van der Waals surface area contributed by atoms with E-state index in [-0.39, 0.29) is 12.8 Å². The summed E-state index contributed by atoms with van der Waals surface area (Å²) in [4.78, 5) is 20.8. The molecule has 0 saturated heterocycles. The Morgan fingerprint density at radius 2 is 2.00 bits per heavy atom. The van der Waals surface area contributed by atoms with E-state index in [0.29, 0.717) is 6.54 Å². The van der Waals surface area contributed by atoms with Crippen molar-refractivity contribution in [3.8, 4) is 0 Å². The van der Waals surface area contributed by atoms with Crippen molar-refractivity contribution < 1.29 is 19.8 Å². The summed E-state index contributed by atoms with van der Waals surface area (Å²) in [6, 6.07) is -0.916. The van der Waals surface area contributed by atoms with Gasteiger partial charge in [-0.3, -0.25) is 15.4 Å². The number of likely N-dealkylation sites (N-methyl/N-ethyl adjacent to an activating group) is 1. The van der Waals surface area contributed by atoms with Gasteiger partial charge in [0.15, 0.2) is 0 Å². The van der Waals surface area contributed by atoms with Crippen LogP contribution in [0, 0.1) is 0 Å². The predicted octanol–water partition coefficient (Wildman–Crippen LogP) is -0.500. The number of carbonyl (C=O) groups is 2. The van der Waals surface area contributed by atoms with Crippen LogP contribution in [0.25, 0.3) is 0 Å². The van der Waals surface area contributed by atoms with Crippen LogP contribution >= 0.6 is 0 Å². The first-order valence-corrected chi connectivity index (χ1v) is 3.95. The van der Waals surface area contributed by atoms with E-state index in [9.17, 15) is 9.59 Å². The highest BCUT2D eigenvalue weighted by Gasteiger charge is 2.22. The lowest BCUT2D eigenvalue weighted by Gasteiger charge is -2.21. The molecule has 0 aliphatic heterocycles. The van der Waals surface area contributed by atoms with E-state index in [0.717, 1.165) is 5.01 Å². The van der Waals surface area contributed by atoms with Crippen LogP contribution in [0.3, 0.4) is 0 Å². The maximum absolute atomic E-state index is 10.6. The van der Waals surface area contributed by atoms with Gasteiger partial charge in [-0.2, -0.15) is 0 Å². The van der Waals surface area contributed by atoms with Gasteiger partial charge in [0.25, 0.3) is 0 Å². The van der Waals surface area contributed by atoms with E-state index in [1.165, 1.54) is 0 Å². The maximum atomic E-state index is 10.6. The maximum Gasteiger partial charge on any atom is 0.322 e. The van der Waals surface area contributed by atoms with E-state index < -0.39 is 18.0 Å². The molecule has 0 aliphatic carbocycles. The van der Waals surface area contributed by atoms with Gasteiger partial charge < -0.3 is 10.2 Å². The molecule has 13 heavy (non-hydrogen) atoms. The fraction of sp³-hybridized carbons (Fsp3) is 0.714. The number of hydrogen-bond acceptors (Lipinski definition) is 4. The van der Waals surface area contributed by atoms with Crippen LogP contribution in [-0.2, 0) is 9.59 Å². The van der Waals surface area contributed by atoms with Crippen molar-refractivity contribution in [3.63, 3.8) is 0 Å². The number of aliphatic carboxylic acids is 2. The first-order chi connectivity index (χ1) is 5.99. The molecule has 0 amide bonds. The number of hydrogen-bond donors (Lipinski definition) is 3. The van der Waals surface area contributed by atoms with Gasteiger partial charge >= 0.3 is 11.9 Å².